The van der Waals surface area contributed by atoms with E-state index in [0.29, 0.717) is 0 Å². The van der Waals surface area contributed by atoms with E-state index in [4.69, 9.17) is 0 Å². The normalized spacial score (nSPS) is 30.5. The van der Waals surface area contributed by atoms with Gasteiger partial charge in [0.05, 0.1) is 6.10 Å². The van der Waals surface area contributed by atoms with Crippen LogP contribution in [0.4, 0.5) is 0 Å². The van der Waals surface area contributed by atoms with Gasteiger partial charge in [0.15, 0.2) is 0 Å². The maximum absolute atomic E-state index is 9.79. The van der Waals surface area contributed by atoms with E-state index >= 15 is 0 Å². The van der Waals surface area contributed by atoms with Crippen molar-refractivity contribution in [3.63, 3.8) is 0 Å². The van der Waals surface area contributed by atoms with E-state index < -0.39 is 0 Å². The molecule has 0 aliphatic carbocycles. The van der Waals surface area contributed by atoms with E-state index in [1.54, 1.807) is 0 Å². The Morgan fingerprint density at radius 1 is 1.50 bits per heavy atom. The Morgan fingerprint density at radius 2 is 2.17 bits per heavy atom. The Hall–Kier alpha value is -0.0800. The van der Waals surface area contributed by atoms with E-state index in [-0.39, 0.29) is 11.6 Å². The summed E-state index contributed by atoms with van der Waals surface area (Å²) in [4.78, 5) is 2.40. The maximum Gasteiger partial charge on any atom is 0.0718 e. The van der Waals surface area contributed by atoms with Crippen LogP contribution in [0.3, 0.4) is 0 Å². The number of aliphatic hydroxyl groups excluding tert-OH is 1. The lowest BCUT2D eigenvalue weighted by atomic mass is 9.87. The zero-order valence-electron chi connectivity index (χ0n) is 8.51. The molecule has 0 aromatic rings. The Morgan fingerprint density at radius 3 is 2.75 bits per heavy atom. The highest BCUT2D eigenvalue weighted by atomic mass is 16.3. The molecule has 0 aromatic heterocycles. The second-order valence-electron chi connectivity index (χ2n) is 4.30. The first-order valence-electron chi connectivity index (χ1n) is 5.02. The number of hydrogen-bond donors (Lipinski definition) is 1. The fourth-order valence-corrected chi connectivity index (χ4v) is 2.00. The van der Waals surface area contributed by atoms with E-state index in [2.05, 4.69) is 25.7 Å². The molecule has 2 heteroatoms. The van der Waals surface area contributed by atoms with Crippen molar-refractivity contribution >= 4 is 0 Å². The molecule has 0 spiro atoms. The van der Waals surface area contributed by atoms with Gasteiger partial charge in [-0.2, -0.15) is 0 Å². The van der Waals surface area contributed by atoms with Crippen molar-refractivity contribution in [2.45, 2.75) is 51.7 Å². The minimum absolute atomic E-state index is 0.00569. The molecule has 1 aliphatic rings. The fraction of sp³-hybridized carbons (Fsp3) is 1.00. The van der Waals surface area contributed by atoms with Crippen LogP contribution in [-0.2, 0) is 0 Å². The van der Waals surface area contributed by atoms with Gasteiger partial charge in [-0.25, -0.2) is 0 Å². The third-order valence-electron chi connectivity index (χ3n) is 3.03. The smallest absolute Gasteiger partial charge is 0.0718 e. The molecule has 2 nitrogen and oxygen atoms in total. The van der Waals surface area contributed by atoms with Crippen molar-refractivity contribution in [2.75, 3.05) is 13.1 Å². The third-order valence-corrected chi connectivity index (χ3v) is 3.03. The standard InChI is InChI=1S/C10H21NO/c1-4-7-11-8-5-6-9(12)10(11,2)3/h9,12H,4-8H2,1-3H3. The summed E-state index contributed by atoms with van der Waals surface area (Å²) in [5.74, 6) is 0. The van der Waals surface area contributed by atoms with Crippen LogP contribution in [-0.4, -0.2) is 34.7 Å². The van der Waals surface area contributed by atoms with Crippen LogP contribution in [0.15, 0.2) is 0 Å². The van der Waals surface area contributed by atoms with Crippen molar-refractivity contribution in [2.24, 2.45) is 0 Å². The van der Waals surface area contributed by atoms with Crippen LogP contribution in [0.1, 0.15) is 40.0 Å². The Balaban J connectivity index is 2.59. The average Bonchev–Trinajstić information content (AvgIpc) is 2.00. The number of hydrogen-bond acceptors (Lipinski definition) is 2. The Labute approximate surface area is 75.6 Å². The maximum atomic E-state index is 9.79. The van der Waals surface area contributed by atoms with Gasteiger partial charge in [0.25, 0.3) is 0 Å². The zero-order valence-corrected chi connectivity index (χ0v) is 8.51. The second-order valence-corrected chi connectivity index (χ2v) is 4.30. The van der Waals surface area contributed by atoms with Gasteiger partial charge in [0.1, 0.15) is 0 Å². The van der Waals surface area contributed by atoms with Crippen molar-refractivity contribution in [1.82, 2.24) is 4.90 Å². The first kappa shape index (κ1) is 10.0. The van der Waals surface area contributed by atoms with Crippen LogP contribution < -0.4 is 0 Å². The third kappa shape index (κ3) is 1.80. The molecule has 1 atom stereocenters. The minimum Gasteiger partial charge on any atom is -0.391 e. The lowest BCUT2D eigenvalue weighted by Gasteiger charge is -2.45. The van der Waals surface area contributed by atoms with E-state index in [9.17, 15) is 5.11 Å². The van der Waals surface area contributed by atoms with Crippen LogP contribution in [0.25, 0.3) is 0 Å². The van der Waals surface area contributed by atoms with Crippen molar-refractivity contribution in [3.05, 3.63) is 0 Å². The highest BCUT2D eigenvalue weighted by molar-refractivity contribution is 4.92. The van der Waals surface area contributed by atoms with Gasteiger partial charge in [0, 0.05) is 5.54 Å². The molecule has 1 heterocycles. The van der Waals surface area contributed by atoms with Gasteiger partial charge >= 0.3 is 0 Å². The highest BCUT2D eigenvalue weighted by Crippen LogP contribution is 2.27. The molecule has 1 N–H and O–H groups in total. The summed E-state index contributed by atoms with van der Waals surface area (Å²) in [5.41, 5.74) is -0.00569. The molecule has 0 amide bonds. The molecule has 1 rings (SSSR count). The molecule has 1 saturated heterocycles. The number of aliphatic hydroxyl groups is 1. The topological polar surface area (TPSA) is 23.5 Å². The molecule has 0 aromatic carbocycles. The lowest BCUT2D eigenvalue weighted by molar-refractivity contribution is -0.0433. The highest BCUT2D eigenvalue weighted by Gasteiger charge is 2.36. The SMILES string of the molecule is CCCN1CCCC(O)C1(C)C. The molecule has 1 unspecified atom stereocenters. The van der Waals surface area contributed by atoms with E-state index in [1.807, 2.05) is 0 Å². The summed E-state index contributed by atoms with van der Waals surface area (Å²) >= 11 is 0. The molecule has 1 aliphatic heterocycles. The van der Waals surface area contributed by atoms with Gasteiger partial charge < -0.3 is 5.11 Å². The zero-order chi connectivity index (χ0) is 9.19. The quantitative estimate of drug-likeness (QED) is 0.682. The summed E-state index contributed by atoms with van der Waals surface area (Å²) < 4.78 is 0. The van der Waals surface area contributed by atoms with Crippen LogP contribution >= 0.6 is 0 Å². The van der Waals surface area contributed by atoms with Crippen molar-refractivity contribution < 1.29 is 5.11 Å². The lowest BCUT2D eigenvalue weighted by Crippen LogP contribution is -2.56. The van der Waals surface area contributed by atoms with E-state index in [1.165, 1.54) is 6.42 Å². The first-order chi connectivity index (χ1) is 5.59. The summed E-state index contributed by atoms with van der Waals surface area (Å²) in [6.45, 7) is 8.75. The first-order valence-corrected chi connectivity index (χ1v) is 5.02. The van der Waals surface area contributed by atoms with Gasteiger partial charge in [-0.05, 0) is 46.2 Å². The van der Waals surface area contributed by atoms with Gasteiger partial charge in [0.2, 0.25) is 0 Å². The molecule has 0 saturated carbocycles. The van der Waals surface area contributed by atoms with Gasteiger partial charge in [-0.1, -0.05) is 6.92 Å². The van der Waals surface area contributed by atoms with Crippen LogP contribution in [0, 0.1) is 0 Å². The average molecular weight is 171 g/mol. The Bertz CT molecular complexity index is 143. The molecule has 12 heavy (non-hydrogen) atoms. The molecular weight excluding hydrogens is 150 g/mol. The molecule has 1 fully saturated rings. The van der Waals surface area contributed by atoms with Crippen molar-refractivity contribution in [3.8, 4) is 0 Å². The van der Waals surface area contributed by atoms with E-state index in [0.717, 1.165) is 25.9 Å². The predicted molar refractivity (Wildman–Crippen MR) is 51.2 cm³/mol. The molecule has 0 radical (unpaired) electrons. The molecule has 0 bridgehead atoms. The van der Waals surface area contributed by atoms with Gasteiger partial charge in [-0.15, -0.1) is 0 Å². The van der Waals surface area contributed by atoms with Crippen LogP contribution in [0.5, 0.6) is 0 Å². The van der Waals surface area contributed by atoms with Crippen LogP contribution in [0.2, 0.25) is 0 Å². The summed E-state index contributed by atoms with van der Waals surface area (Å²) in [6.07, 6.45) is 3.14. The minimum atomic E-state index is -0.141. The molecular formula is C10H21NO. The number of likely N-dealkylation sites (tertiary alicyclic amines) is 1. The van der Waals surface area contributed by atoms with Crippen molar-refractivity contribution in [1.29, 1.82) is 0 Å². The van der Waals surface area contributed by atoms with Gasteiger partial charge in [-0.3, -0.25) is 4.90 Å². The predicted octanol–water partition coefficient (Wildman–Crippen LogP) is 1.63. The monoisotopic (exact) mass is 171 g/mol. The fourth-order valence-electron chi connectivity index (χ4n) is 2.00. The summed E-state index contributed by atoms with van der Waals surface area (Å²) in [6, 6.07) is 0. The second kappa shape index (κ2) is 3.75. The largest absolute Gasteiger partial charge is 0.391 e. The summed E-state index contributed by atoms with van der Waals surface area (Å²) in [5, 5.41) is 9.79. The Kier molecular flexibility index (Phi) is 3.13. The number of piperidine rings is 1. The number of rotatable bonds is 2. The molecule has 72 valence electrons. The summed E-state index contributed by atoms with van der Waals surface area (Å²) in [7, 11) is 0. The number of nitrogens with zero attached hydrogens (tertiary/aromatic N) is 1.